The number of rotatable bonds is 1. The van der Waals surface area contributed by atoms with Gasteiger partial charge >= 0.3 is 5.97 Å². The molecule has 0 bridgehead atoms. The zero-order chi connectivity index (χ0) is 9.19. The molecule has 0 N–H and O–H groups in total. The van der Waals surface area contributed by atoms with E-state index in [1.807, 2.05) is 6.92 Å². The molecule has 66 valence electrons. The van der Waals surface area contributed by atoms with Gasteiger partial charge in [0.25, 0.3) is 0 Å². The molecule has 1 fully saturated rings. The quantitative estimate of drug-likeness (QED) is 0.438. The summed E-state index contributed by atoms with van der Waals surface area (Å²) in [6.45, 7) is 3.44. The Labute approximate surface area is 73.3 Å². The van der Waals surface area contributed by atoms with Gasteiger partial charge in [0.2, 0.25) is 0 Å². The van der Waals surface area contributed by atoms with E-state index in [2.05, 4.69) is 5.92 Å². The van der Waals surface area contributed by atoms with Crippen molar-refractivity contribution >= 4 is 5.97 Å². The average molecular weight is 166 g/mol. The highest BCUT2D eigenvalue weighted by molar-refractivity contribution is 5.67. The topological polar surface area (TPSA) is 26.3 Å². The first kappa shape index (κ1) is 9.12. The van der Waals surface area contributed by atoms with Crippen molar-refractivity contribution in [3.05, 3.63) is 0 Å². The first-order valence-corrected chi connectivity index (χ1v) is 4.28. The third-order valence-electron chi connectivity index (χ3n) is 2.55. The van der Waals surface area contributed by atoms with Gasteiger partial charge in [-0.15, -0.1) is 6.42 Å². The number of carbonyl (C=O) groups excluding carboxylic acids is 1. The van der Waals surface area contributed by atoms with Crippen LogP contribution in [0.25, 0.3) is 0 Å². The molecule has 2 atom stereocenters. The monoisotopic (exact) mass is 166 g/mol. The molecule has 1 rings (SSSR count). The van der Waals surface area contributed by atoms with Crippen molar-refractivity contribution < 1.29 is 9.53 Å². The van der Waals surface area contributed by atoms with Crippen LogP contribution in [0.15, 0.2) is 0 Å². The minimum Gasteiger partial charge on any atom is -0.446 e. The van der Waals surface area contributed by atoms with E-state index in [-0.39, 0.29) is 5.97 Å². The number of hydrogen-bond donors (Lipinski definition) is 0. The van der Waals surface area contributed by atoms with Gasteiger partial charge in [0, 0.05) is 12.8 Å². The molecule has 0 aliphatic heterocycles. The van der Waals surface area contributed by atoms with Gasteiger partial charge in [-0.25, -0.2) is 0 Å². The lowest BCUT2D eigenvalue weighted by molar-refractivity contribution is -0.153. The summed E-state index contributed by atoms with van der Waals surface area (Å²) in [5.41, 5.74) is -0.605. The minimum absolute atomic E-state index is 0.276. The Hall–Kier alpha value is -0.970. The van der Waals surface area contributed by atoms with E-state index in [0.717, 1.165) is 19.3 Å². The second-order valence-electron chi connectivity index (χ2n) is 3.42. The zero-order valence-corrected chi connectivity index (χ0v) is 7.59. The van der Waals surface area contributed by atoms with Gasteiger partial charge in [-0.05, 0) is 19.3 Å². The SMILES string of the molecule is C#CC1(OC(C)=O)CCC[C@H]1C. The van der Waals surface area contributed by atoms with Gasteiger partial charge in [0.05, 0.1) is 0 Å². The molecule has 0 aromatic heterocycles. The maximum Gasteiger partial charge on any atom is 0.304 e. The maximum atomic E-state index is 10.8. The van der Waals surface area contributed by atoms with Crippen LogP contribution in [0.3, 0.4) is 0 Å². The standard InChI is InChI=1S/C10H14O2/c1-4-10(12-9(3)11)7-5-6-8(10)2/h1,8H,5-7H2,2-3H3/t8-,10?/m1/s1. The molecule has 12 heavy (non-hydrogen) atoms. The molecule has 0 spiro atoms. The van der Waals surface area contributed by atoms with Crippen molar-refractivity contribution in [1.29, 1.82) is 0 Å². The van der Waals surface area contributed by atoms with Crippen molar-refractivity contribution in [3.63, 3.8) is 0 Å². The van der Waals surface area contributed by atoms with Crippen LogP contribution in [0.1, 0.15) is 33.1 Å². The summed E-state index contributed by atoms with van der Waals surface area (Å²) in [5, 5.41) is 0. The lowest BCUT2D eigenvalue weighted by atomic mass is 9.93. The molecular formula is C10H14O2. The predicted octanol–water partition coefficient (Wildman–Crippen LogP) is 1.74. The van der Waals surface area contributed by atoms with E-state index in [9.17, 15) is 4.79 Å². The van der Waals surface area contributed by atoms with E-state index in [0.29, 0.717) is 5.92 Å². The minimum atomic E-state index is -0.605. The molecule has 0 radical (unpaired) electrons. The molecule has 0 heterocycles. The molecule has 0 saturated heterocycles. The highest BCUT2D eigenvalue weighted by Crippen LogP contribution is 2.37. The molecule has 0 amide bonds. The van der Waals surface area contributed by atoms with Crippen LogP contribution in [-0.2, 0) is 9.53 Å². The molecule has 2 nitrogen and oxygen atoms in total. The molecule has 0 aromatic carbocycles. The van der Waals surface area contributed by atoms with Gasteiger partial charge in [0.1, 0.15) is 0 Å². The van der Waals surface area contributed by atoms with Crippen molar-refractivity contribution in [2.75, 3.05) is 0 Å². The molecule has 0 aromatic rings. The molecule has 1 saturated carbocycles. The van der Waals surface area contributed by atoms with Gasteiger partial charge in [-0.3, -0.25) is 4.79 Å². The first-order chi connectivity index (χ1) is 5.60. The Morgan fingerprint density at radius 3 is 2.75 bits per heavy atom. The smallest absolute Gasteiger partial charge is 0.304 e. The molecule has 1 aliphatic rings. The Morgan fingerprint density at radius 1 is 1.75 bits per heavy atom. The fourth-order valence-corrected chi connectivity index (χ4v) is 1.80. The van der Waals surface area contributed by atoms with Crippen LogP contribution < -0.4 is 0 Å². The van der Waals surface area contributed by atoms with E-state index < -0.39 is 5.60 Å². The van der Waals surface area contributed by atoms with Gasteiger partial charge < -0.3 is 4.74 Å². The number of esters is 1. The van der Waals surface area contributed by atoms with Gasteiger partial charge in [-0.2, -0.15) is 0 Å². The Balaban J connectivity index is 2.76. The van der Waals surface area contributed by atoms with Crippen LogP contribution in [-0.4, -0.2) is 11.6 Å². The summed E-state index contributed by atoms with van der Waals surface area (Å²) in [7, 11) is 0. The van der Waals surface area contributed by atoms with Crippen LogP contribution in [0.4, 0.5) is 0 Å². The van der Waals surface area contributed by atoms with E-state index >= 15 is 0 Å². The number of hydrogen-bond acceptors (Lipinski definition) is 2. The van der Waals surface area contributed by atoms with Crippen LogP contribution in [0.2, 0.25) is 0 Å². The number of carbonyl (C=O) groups is 1. The second-order valence-corrected chi connectivity index (χ2v) is 3.42. The summed E-state index contributed by atoms with van der Waals surface area (Å²) >= 11 is 0. The average Bonchev–Trinajstić information content (AvgIpc) is 2.32. The summed E-state index contributed by atoms with van der Waals surface area (Å²) in [6, 6.07) is 0. The fourth-order valence-electron chi connectivity index (χ4n) is 1.80. The van der Waals surface area contributed by atoms with Gasteiger partial charge in [-0.1, -0.05) is 12.8 Å². The van der Waals surface area contributed by atoms with E-state index in [1.54, 1.807) is 0 Å². The number of terminal acetylenes is 1. The van der Waals surface area contributed by atoms with Gasteiger partial charge in [0.15, 0.2) is 5.60 Å². The zero-order valence-electron chi connectivity index (χ0n) is 7.59. The summed E-state index contributed by atoms with van der Waals surface area (Å²) in [4.78, 5) is 10.8. The second kappa shape index (κ2) is 3.18. The highest BCUT2D eigenvalue weighted by Gasteiger charge is 2.41. The number of ether oxygens (including phenoxy) is 1. The lowest BCUT2D eigenvalue weighted by Gasteiger charge is -2.27. The third-order valence-corrected chi connectivity index (χ3v) is 2.55. The summed E-state index contributed by atoms with van der Waals surface area (Å²) in [5.74, 6) is 2.64. The predicted molar refractivity (Wildman–Crippen MR) is 46.3 cm³/mol. The molecule has 1 unspecified atom stereocenters. The van der Waals surface area contributed by atoms with E-state index in [1.165, 1.54) is 6.92 Å². The fraction of sp³-hybridized carbons (Fsp3) is 0.700. The normalized spacial score (nSPS) is 34.2. The Kier molecular flexibility index (Phi) is 2.42. The summed E-state index contributed by atoms with van der Waals surface area (Å²) in [6.07, 6.45) is 8.30. The maximum absolute atomic E-state index is 10.8. The van der Waals surface area contributed by atoms with Crippen LogP contribution in [0, 0.1) is 18.3 Å². The molecular weight excluding hydrogens is 152 g/mol. The van der Waals surface area contributed by atoms with E-state index in [4.69, 9.17) is 11.2 Å². The van der Waals surface area contributed by atoms with Crippen LogP contribution >= 0.6 is 0 Å². The highest BCUT2D eigenvalue weighted by atomic mass is 16.6. The summed E-state index contributed by atoms with van der Waals surface area (Å²) < 4.78 is 5.19. The van der Waals surface area contributed by atoms with Crippen LogP contribution in [0.5, 0.6) is 0 Å². The van der Waals surface area contributed by atoms with Crippen molar-refractivity contribution in [2.24, 2.45) is 5.92 Å². The van der Waals surface area contributed by atoms with Crippen molar-refractivity contribution in [1.82, 2.24) is 0 Å². The largest absolute Gasteiger partial charge is 0.446 e. The third kappa shape index (κ3) is 1.45. The Bertz CT molecular complexity index is 226. The molecule has 2 heteroatoms. The lowest BCUT2D eigenvalue weighted by Crippen LogP contribution is -2.35. The Morgan fingerprint density at radius 2 is 2.42 bits per heavy atom. The van der Waals surface area contributed by atoms with Crippen molar-refractivity contribution in [2.45, 2.75) is 38.7 Å². The molecule has 1 aliphatic carbocycles. The first-order valence-electron chi connectivity index (χ1n) is 4.28. The van der Waals surface area contributed by atoms with Crippen molar-refractivity contribution in [3.8, 4) is 12.3 Å².